The molecule has 0 amide bonds. The van der Waals surface area contributed by atoms with Gasteiger partial charge in [0.15, 0.2) is 0 Å². The van der Waals surface area contributed by atoms with Crippen molar-refractivity contribution in [3.8, 4) is 0 Å². The summed E-state index contributed by atoms with van der Waals surface area (Å²) in [6, 6.07) is 8.48. The highest BCUT2D eigenvalue weighted by Gasteiger charge is 2.41. The largest absolute Gasteiger partial charge is 0.300 e. The number of hydrogen-bond donors (Lipinski definition) is 0. The molecule has 68 valence electrons. The van der Waals surface area contributed by atoms with E-state index in [1.54, 1.807) is 6.92 Å². The van der Waals surface area contributed by atoms with Crippen LogP contribution in [0.5, 0.6) is 0 Å². The van der Waals surface area contributed by atoms with E-state index in [2.05, 4.69) is 31.2 Å². The topological polar surface area (TPSA) is 17.1 Å². The predicted molar refractivity (Wildman–Crippen MR) is 52.7 cm³/mol. The van der Waals surface area contributed by atoms with Crippen LogP contribution in [0.3, 0.4) is 0 Å². The smallest absolute Gasteiger partial charge is 0.133 e. The summed E-state index contributed by atoms with van der Waals surface area (Å²) >= 11 is 0. The molecule has 0 aliphatic heterocycles. The Kier molecular flexibility index (Phi) is 1.95. The van der Waals surface area contributed by atoms with E-state index in [0.29, 0.717) is 17.6 Å². The fraction of sp³-hybridized carbons (Fsp3) is 0.417. The van der Waals surface area contributed by atoms with Crippen molar-refractivity contribution in [1.82, 2.24) is 0 Å². The summed E-state index contributed by atoms with van der Waals surface area (Å²) in [5.41, 5.74) is 2.62. The molecule has 1 aromatic carbocycles. The van der Waals surface area contributed by atoms with Crippen molar-refractivity contribution in [2.45, 2.75) is 26.2 Å². The van der Waals surface area contributed by atoms with Crippen LogP contribution >= 0.6 is 0 Å². The third kappa shape index (κ3) is 1.64. The van der Waals surface area contributed by atoms with E-state index in [9.17, 15) is 4.79 Å². The maximum atomic E-state index is 11.1. The zero-order chi connectivity index (χ0) is 9.42. The summed E-state index contributed by atoms with van der Waals surface area (Å²) in [5, 5.41) is 0. The molecule has 0 spiro atoms. The SMILES string of the molecule is CC(=O)C1CC1c1cccc(C)c1. The molecule has 0 bridgehead atoms. The van der Waals surface area contributed by atoms with Gasteiger partial charge in [-0.05, 0) is 31.7 Å². The molecule has 2 rings (SSSR count). The lowest BCUT2D eigenvalue weighted by Crippen LogP contribution is -1.94. The predicted octanol–water partition coefficient (Wildman–Crippen LogP) is 2.69. The number of aryl methyl sites for hydroxylation is 1. The average Bonchev–Trinajstić information content (AvgIpc) is 2.82. The molecule has 1 nitrogen and oxygen atoms in total. The molecule has 1 fully saturated rings. The van der Waals surface area contributed by atoms with Crippen LogP contribution in [-0.4, -0.2) is 5.78 Å². The zero-order valence-electron chi connectivity index (χ0n) is 8.08. The molecular weight excluding hydrogens is 160 g/mol. The number of carbonyl (C=O) groups is 1. The first-order valence-corrected chi connectivity index (χ1v) is 4.75. The van der Waals surface area contributed by atoms with E-state index in [1.165, 1.54) is 11.1 Å². The molecule has 1 aliphatic rings. The third-order valence-electron chi connectivity index (χ3n) is 2.78. The van der Waals surface area contributed by atoms with Gasteiger partial charge in [0.25, 0.3) is 0 Å². The molecule has 0 saturated heterocycles. The number of ketones is 1. The third-order valence-corrected chi connectivity index (χ3v) is 2.78. The maximum absolute atomic E-state index is 11.1. The van der Waals surface area contributed by atoms with Crippen LogP contribution < -0.4 is 0 Å². The Morgan fingerprint density at radius 3 is 2.77 bits per heavy atom. The first kappa shape index (κ1) is 8.49. The number of carbonyl (C=O) groups excluding carboxylic acids is 1. The molecule has 2 unspecified atom stereocenters. The van der Waals surface area contributed by atoms with Gasteiger partial charge < -0.3 is 0 Å². The first-order valence-electron chi connectivity index (χ1n) is 4.75. The monoisotopic (exact) mass is 174 g/mol. The van der Waals surface area contributed by atoms with E-state index in [0.717, 1.165) is 6.42 Å². The molecule has 0 heterocycles. The molecule has 1 saturated carbocycles. The normalized spacial score (nSPS) is 25.7. The Hall–Kier alpha value is -1.11. The molecule has 0 aromatic heterocycles. The lowest BCUT2D eigenvalue weighted by molar-refractivity contribution is -0.118. The zero-order valence-corrected chi connectivity index (χ0v) is 8.08. The number of rotatable bonds is 2. The van der Waals surface area contributed by atoms with Crippen LogP contribution in [-0.2, 0) is 4.79 Å². The van der Waals surface area contributed by atoms with Crippen molar-refractivity contribution in [2.75, 3.05) is 0 Å². The lowest BCUT2D eigenvalue weighted by Gasteiger charge is -1.99. The van der Waals surface area contributed by atoms with Gasteiger partial charge in [-0.2, -0.15) is 0 Å². The molecule has 1 aliphatic carbocycles. The van der Waals surface area contributed by atoms with E-state index in [4.69, 9.17) is 0 Å². The fourth-order valence-electron chi connectivity index (χ4n) is 1.91. The van der Waals surface area contributed by atoms with Gasteiger partial charge in [0.2, 0.25) is 0 Å². The molecular formula is C12H14O. The Labute approximate surface area is 78.8 Å². The van der Waals surface area contributed by atoms with Crippen molar-refractivity contribution < 1.29 is 4.79 Å². The Balaban J connectivity index is 2.16. The van der Waals surface area contributed by atoms with Crippen molar-refractivity contribution in [3.63, 3.8) is 0 Å². The highest BCUT2D eigenvalue weighted by atomic mass is 16.1. The van der Waals surface area contributed by atoms with Gasteiger partial charge in [-0.3, -0.25) is 4.79 Å². The Bertz CT molecular complexity index is 341. The second kappa shape index (κ2) is 2.99. The first-order chi connectivity index (χ1) is 6.18. The van der Waals surface area contributed by atoms with Gasteiger partial charge in [0, 0.05) is 5.92 Å². The summed E-state index contributed by atoms with van der Waals surface area (Å²) < 4.78 is 0. The molecule has 1 aromatic rings. The summed E-state index contributed by atoms with van der Waals surface area (Å²) in [7, 11) is 0. The van der Waals surface area contributed by atoms with Crippen molar-refractivity contribution >= 4 is 5.78 Å². The minimum absolute atomic E-state index is 0.307. The summed E-state index contributed by atoms with van der Waals surface area (Å²) in [6.07, 6.45) is 1.05. The van der Waals surface area contributed by atoms with Crippen LogP contribution in [0.25, 0.3) is 0 Å². The number of Topliss-reactive ketones (excluding diaryl/α,β-unsaturated/α-hetero) is 1. The highest BCUT2D eigenvalue weighted by Crippen LogP contribution is 2.47. The van der Waals surface area contributed by atoms with Crippen molar-refractivity contribution in [3.05, 3.63) is 35.4 Å². The van der Waals surface area contributed by atoms with Crippen LogP contribution in [0.1, 0.15) is 30.4 Å². The average molecular weight is 174 g/mol. The van der Waals surface area contributed by atoms with Crippen LogP contribution in [0, 0.1) is 12.8 Å². The highest BCUT2D eigenvalue weighted by molar-refractivity contribution is 5.82. The second-order valence-corrected chi connectivity index (χ2v) is 3.97. The minimum atomic E-state index is 0.307. The maximum Gasteiger partial charge on any atom is 0.133 e. The Morgan fingerprint density at radius 1 is 1.46 bits per heavy atom. The summed E-state index contributed by atoms with van der Waals surface area (Å²) in [5.74, 6) is 1.16. The molecule has 13 heavy (non-hydrogen) atoms. The molecule has 1 heteroatoms. The van der Waals surface area contributed by atoms with Crippen LogP contribution in [0.2, 0.25) is 0 Å². The summed E-state index contributed by atoms with van der Waals surface area (Å²) in [6.45, 7) is 3.79. The minimum Gasteiger partial charge on any atom is -0.300 e. The molecule has 2 atom stereocenters. The standard InChI is InChI=1S/C12H14O/c1-8-4-3-5-10(6-8)12-7-11(12)9(2)13/h3-6,11-12H,7H2,1-2H3. The van der Waals surface area contributed by atoms with E-state index in [-0.39, 0.29) is 0 Å². The van der Waals surface area contributed by atoms with Gasteiger partial charge in [0.1, 0.15) is 5.78 Å². The summed E-state index contributed by atoms with van der Waals surface area (Å²) in [4.78, 5) is 11.1. The molecule has 0 radical (unpaired) electrons. The van der Waals surface area contributed by atoms with Gasteiger partial charge in [-0.15, -0.1) is 0 Å². The van der Waals surface area contributed by atoms with E-state index >= 15 is 0 Å². The van der Waals surface area contributed by atoms with Crippen molar-refractivity contribution in [1.29, 1.82) is 0 Å². The van der Waals surface area contributed by atoms with Gasteiger partial charge in [-0.1, -0.05) is 29.8 Å². The van der Waals surface area contributed by atoms with Crippen molar-refractivity contribution in [2.24, 2.45) is 5.92 Å². The number of benzene rings is 1. The number of hydrogen-bond acceptors (Lipinski definition) is 1. The van der Waals surface area contributed by atoms with Gasteiger partial charge >= 0.3 is 0 Å². The van der Waals surface area contributed by atoms with E-state index in [1.807, 2.05) is 0 Å². The fourth-order valence-corrected chi connectivity index (χ4v) is 1.91. The van der Waals surface area contributed by atoms with Gasteiger partial charge in [0.05, 0.1) is 0 Å². The second-order valence-electron chi connectivity index (χ2n) is 3.97. The van der Waals surface area contributed by atoms with Crippen LogP contribution in [0.15, 0.2) is 24.3 Å². The van der Waals surface area contributed by atoms with E-state index < -0.39 is 0 Å². The van der Waals surface area contributed by atoms with Gasteiger partial charge in [-0.25, -0.2) is 0 Å². The molecule has 0 N–H and O–H groups in total. The Morgan fingerprint density at radius 2 is 2.23 bits per heavy atom. The quantitative estimate of drug-likeness (QED) is 0.673. The van der Waals surface area contributed by atoms with Crippen LogP contribution in [0.4, 0.5) is 0 Å². The lowest BCUT2D eigenvalue weighted by atomic mass is 10.1.